The summed E-state index contributed by atoms with van der Waals surface area (Å²) in [5, 5.41) is 2.64. The summed E-state index contributed by atoms with van der Waals surface area (Å²) < 4.78 is 33.0. The van der Waals surface area contributed by atoms with Crippen LogP contribution in [0.25, 0.3) is 0 Å². The number of ether oxygens (including phenoxy) is 1. The monoisotopic (exact) mass is 332 g/mol. The minimum Gasteiger partial charge on any atom is -0.479 e. The lowest BCUT2D eigenvalue weighted by Crippen LogP contribution is -2.34. The molecule has 7 heteroatoms. The molecule has 0 bridgehead atoms. The Bertz CT molecular complexity index is 877. The maximum Gasteiger partial charge on any atom is 0.265 e. The third-order valence-corrected chi connectivity index (χ3v) is 4.94. The first-order valence-corrected chi connectivity index (χ1v) is 8.55. The van der Waals surface area contributed by atoms with E-state index in [1.807, 2.05) is 19.1 Å². The molecule has 0 saturated heterocycles. The van der Waals surface area contributed by atoms with Gasteiger partial charge in [0.2, 0.25) is 0 Å². The second kappa shape index (κ2) is 5.58. The van der Waals surface area contributed by atoms with Gasteiger partial charge in [0.1, 0.15) is 5.75 Å². The van der Waals surface area contributed by atoms with Crippen LogP contribution in [0.3, 0.4) is 0 Å². The molecule has 0 radical (unpaired) electrons. The van der Waals surface area contributed by atoms with Crippen LogP contribution in [0.1, 0.15) is 12.5 Å². The fourth-order valence-corrected chi connectivity index (χ4v) is 3.40. The highest BCUT2D eigenvalue weighted by Crippen LogP contribution is 2.32. The zero-order valence-corrected chi connectivity index (χ0v) is 13.5. The van der Waals surface area contributed by atoms with Crippen molar-refractivity contribution in [2.24, 2.45) is 0 Å². The van der Waals surface area contributed by atoms with E-state index in [1.54, 1.807) is 19.1 Å². The van der Waals surface area contributed by atoms with E-state index in [9.17, 15) is 13.2 Å². The van der Waals surface area contributed by atoms with Gasteiger partial charge in [0.05, 0.1) is 16.3 Å². The molecular weight excluding hydrogens is 316 g/mol. The number of para-hydroxylation sites is 1. The molecule has 0 spiro atoms. The van der Waals surface area contributed by atoms with Crippen LogP contribution in [-0.2, 0) is 14.8 Å². The average molecular weight is 332 g/mol. The average Bonchev–Trinajstić information content (AvgIpc) is 2.50. The number of rotatable bonds is 3. The summed E-state index contributed by atoms with van der Waals surface area (Å²) in [6, 6.07) is 11.5. The van der Waals surface area contributed by atoms with Crippen molar-refractivity contribution in [2.75, 3.05) is 10.0 Å². The van der Waals surface area contributed by atoms with Gasteiger partial charge in [0, 0.05) is 0 Å². The highest BCUT2D eigenvalue weighted by atomic mass is 32.2. The third kappa shape index (κ3) is 3.00. The highest BCUT2D eigenvalue weighted by molar-refractivity contribution is 7.92. The number of hydrogen-bond acceptors (Lipinski definition) is 4. The minimum atomic E-state index is -3.76. The molecule has 0 aliphatic carbocycles. The van der Waals surface area contributed by atoms with Gasteiger partial charge in [-0.2, -0.15) is 0 Å². The van der Waals surface area contributed by atoms with Crippen LogP contribution in [0.4, 0.5) is 11.4 Å². The molecule has 0 aromatic heterocycles. The van der Waals surface area contributed by atoms with Gasteiger partial charge >= 0.3 is 0 Å². The molecule has 1 unspecified atom stereocenters. The van der Waals surface area contributed by atoms with E-state index in [0.29, 0.717) is 17.1 Å². The second-order valence-corrected chi connectivity index (χ2v) is 7.01. The van der Waals surface area contributed by atoms with Crippen LogP contribution >= 0.6 is 0 Å². The molecule has 0 saturated carbocycles. The fraction of sp³-hybridized carbons (Fsp3) is 0.188. The number of benzene rings is 2. The third-order valence-electron chi connectivity index (χ3n) is 3.58. The van der Waals surface area contributed by atoms with Gasteiger partial charge in [-0.05, 0) is 43.7 Å². The summed E-state index contributed by atoms with van der Waals surface area (Å²) in [6.07, 6.45) is -0.602. The molecule has 120 valence electrons. The van der Waals surface area contributed by atoms with Gasteiger partial charge < -0.3 is 10.1 Å². The molecule has 1 aliphatic rings. The second-order valence-electron chi connectivity index (χ2n) is 5.33. The Hall–Kier alpha value is -2.54. The van der Waals surface area contributed by atoms with Crippen molar-refractivity contribution < 1.29 is 17.9 Å². The molecule has 1 heterocycles. The van der Waals surface area contributed by atoms with Crippen molar-refractivity contribution in [1.29, 1.82) is 0 Å². The van der Waals surface area contributed by atoms with Crippen molar-refractivity contribution in [3.05, 3.63) is 48.0 Å². The summed E-state index contributed by atoms with van der Waals surface area (Å²) in [6.45, 7) is 3.45. The molecular formula is C16H16N2O4S. The number of carbonyl (C=O) groups excluding carboxylic acids is 1. The molecule has 0 fully saturated rings. The smallest absolute Gasteiger partial charge is 0.265 e. The Morgan fingerprint density at radius 3 is 2.65 bits per heavy atom. The normalized spacial score (nSPS) is 17.0. The fourth-order valence-electron chi connectivity index (χ4n) is 2.25. The number of anilines is 2. The lowest BCUT2D eigenvalue weighted by Gasteiger charge is -2.23. The predicted octanol–water partition coefficient (Wildman–Crippen LogP) is 2.52. The van der Waals surface area contributed by atoms with Crippen molar-refractivity contribution in [3.8, 4) is 5.75 Å². The van der Waals surface area contributed by atoms with Crippen LogP contribution < -0.4 is 14.8 Å². The first-order valence-electron chi connectivity index (χ1n) is 7.07. The lowest BCUT2D eigenvalue weighted by molar-refractivity contribution is -0.122. The first kappa shape index (κ1) is 15.4. The molecule has 6 nitrogen and oxygen atoms in total. The Morgan fingerprint density at radius 2 is 1.91 bits per heavy atom. The Kier molecular flexibility index (Phi) is 3.73. The summed E-state index contributed by atoms with van der Waals surface area (Å²) in [7, 11) is -3.76. The molecule has 1 atom stereocenters. The molecule has 23 heavy (non-hydrogen) atoms. The van der Waals surface area contributed by atoms with E-state index in [0.717, 1.165) is 5.56 Å². The lowest BCUT2D eigenvalue weighted by atomic mass is 10.2. The van der Waals surface area contributed by atoms with Gasteiger partial charge in [0.25, 0.3) is 15.9 Å². The number of hydrogen-bond donors (Lipinski definition) is 2. The van der Waals surface area contributed by atoms with E-state index < -0.39 is 16.1 Å². The predicted molar refractivity (Wildman–Crippen MR) is 87.1 cm³/mol. The summed E-state index contributed by atoms with van der Waals surface area (Å²) >= 11 is 0. The van der Waals surface area contributed by atoms with Crippen molar-refractivity contribution >= 4 is 27.3 Å². The van der Waals surface area contributed by atoms with Gasteiger partial charge in [-0.15, -0.1) is 0 Å². The molecule has 1 aliphatic heterocycles. The van der Waals surface area contributed by atoms with Crippen molar-refractivity contribution in [1.82, 2.24) is 0 Å². The molecule has 2 N–H and O–H groups in total. The van der Waals surface area contributed by atoms with Gasteiger partial charge in [-0.25, -0.2) is 8.42 Å². The number of amides is 1. The molecule has 2 aromatic rings. The summed E-state index contributed by atoms with van der Waals surface area (Å²) in [5.74, 6) is 0.144. The zero-order chi connectivity index (χ0) is 16.6. The molecule has 2 aromatic carbocycles. The van der Waals surface area contributed by atoms with Crippen LogP contribution in [0.15, 0.2) is 47.4 Å². The van der Waals surface area contributed by atoms with Crippen LogP contribution in [0, 0.1) is 6.92 Å². The Morgan fingerprint density at radius 1 is 1.17 bits per heavy atom. The molecule has 3 rings (SSSR count). The van der Waals surface area contributed by atoms with E-state index in [4.69, 9.17) is 4.74 Å². The number of carbonyl (C=O) groups is 1. The van der Waals surface area contributed by atoms with E-state index >= 15 is 0 Å². The number of aryl methyl sites for hydroxylation is 1. The number of sulfonamides is 1. The van der Waals surface area contributed by atoms with Gasteiger partial charge in [-0.1, -0.05) is 18.2 Å². The zero-order valence-electron chi connectivity index (χ0n) is 12.7. The standard InChI is InChI=1S/C16H16N2O4S/c1-10-5-3-4-6-13(10)18-23(20,21)12-7-8-15-14(9-12)17-16(19)11(2)22-15/h3-9,11,18H,1-2H3,(H,17,19). The number of fused-ring (bicyclic) bond motifs is 1. The molecule has 1 amide bonds. The summed E-state index contributed by atoms with van der Waals surface area (Å²) in [4.78, 5) is 11.7. The van der Waals surface area contributed by atoms with Gasteiger partial charge in [-0.3, -0.25) is 9.52 Å². The van der Waals surface area contributed by atoms with E-state index in [-0.39, 0.29) is 10.8 Å². The largest absolute Gasteiger partial charge is 0.479 e. The van der Waals surface area contributed by atoms with Gasteiger partial charge in [0.15, 0.2) is 6.10 Å². The number of nitrogens with one attached hydrogen (secondary N) is 2. The van der Waals surface area contributed by atoms with Crippen LogP contribution in [0.5, 0.6) is 5.75 Å². The summed E-state index contributed by atoms with van der Waals surface area (Å²) in [5.41, 5.74) is 1.68. The van der Waals surface area contributed by atoms with Crippen LogP contribution in [-0.4, -0.2) is 20.4 Å². The van der Waals surface area contributed by atoms with Crippen molar-refractivity contribution in [3.63, 3.8) is 0 Å². The topological polar surface area (TPSA) is 84.5 Å². The minimum absolute atomic E-state index is 0.0537. The van der Waals surface area contributed by atoms with E-state index in [1.165, 1.54) is 18.2 Å². The maximum absolute atomic E-state index is 12.5. The Balaban J connectivity index is 1.94. The Labute approximate surface area is 134 Å². The van der Waals surface area contributed by atoms with Crippen molar-refractivity contribution in [2.45, 2.75) is 24.8 Å². The van der Waals surface area contributed by atoms with E-state index in [2.05, 4.69) is 10.0 Å². The quantitative estimate of drug-likeness (QED) is 0.904. The maximum atomic E-state index is 12.5. The van der Waals surface area contributed by atoms with Crippen LogP contribution in [0.2, 0.25) is 0 Å². The SMILES string of the molecule is Cc1ccccc1NS(=O)(=O)c1ccc2c(c1)NC(=O)C(C)O2. The first-order chi connectivity index (χ1) is 10.9. The highest BCUT2D eigenvalue weighted by Gasteiger charge is 2.25.